The zero-order valence-electron chi connectivity index (χ0n) is 15.6. The van der Waals surface area contributed by atoms with Crippen LogP contribution in [0.1, 0.15) is 45.4 Å². The van der Waals surface area contributed by atoms with Crippen LogP contribution in [0.2, 0.25) is 0 Å². The minimum Gasteiger partial charge on any atom is -0.350 e. The monoisotopic (exact) mass is 390 g/mol. The van der Waals surface area contributed by atoms with Crippen molar-refractivity contribution in [3.63, 3.8) is 0 Å². The second kappa shape index (κ2) is 7.48. The number of urea groups is 1. The van der Waals surface area contributed by atoms with E-state index in [2.05, 4.69) is 10.6 Å². The van der Waals surface area contributed by atoms with Crippen LogP contribution in [0.3, 0.4) is 0 Å². The lowest BCUT2D eigenvalue weighted by Gasteiger charge is -2.43. The number of rotatable bonds is 5. The fourth-order valence-electron chi connectivity index (χ4n) is 3.36. The summed E-state index contributed by atoms with van der Waals surface area (Å²) >= 11 is 0. The molecule has 0 aromatic rings. The van der Waals surface area contributed by atoms with Gasteiger partial charge in [0.05, 0.1) is 18.9 Å². The Labute approximate surface area is 157 Å². The first-order valence-corrected chi connectivity index (χ1v) is 9.42. The van der Waals surface area contributed by atoms with Crippen LogP contribution < -0.4 is 16.4 Å². The molecule has 0 unspecified atom stereocenters. The van der Waals surface area contributed by atoms with Gasteiger partial charge in [0.2, 0.25) is 11.8 Å². The minimum absolute atomic E-state index is 0.365. The largest absolute Gasteiger partial charge is 0.350 e. The molecule has 3 rings (SSSR count). The van der Waals surface area contributed by atoms with Gasteiger partial charge in [0.15, 0.2) is 5.79 Å². The number of alkyl halides is 2. The van der Waals surface area contributed by atoms with Gasteiger partial charge in [-0.05, 0) is 26.2 Å². The number of carbonyl (C=O) groups is 2. The fraction of sp³-hybridized carbons (Fsp3) is 0.882. The van der Waals surface area contributed by atoms with Gasteiger partial charge >= 0.3 is 6.03 Å². The third-order valence-corrected chi connectivity index (χ3v) is 5.17. The maximum atomic E-state index is 13.5. The molecule has 154 valence electrons. The molecule has 2 heterocycles. The predicted octanol–water partition coefficient (Wildman–Crippen LogP) is 0.904. The van der Waals surface area contributed by atoms with Crippen molar-refractivity contribution < 1.29 is 27.8 Å². The molecule has 0 radical (unpaired) electrons. The van der Waals surface area contributed by atoms with Crippen LogP contribution in [0.4, 0.5) is 13.6 Å². The molecule has 2 aliphatic heterocycles. The highest BCUT2D eigenvalue weighted by Gasteiger charge is 2.44. The van der Waals surface area contributed by atoms with Crippen LogP contribution in [0.15, 0.2) is 0 Å². The van der Waals surface area contributed by atoms with E-state index < -0.39 is 41.8 Å². The van der Waals surface area contributed by atoms with Gasteiger partial charge < -0.3 is 30.7 Å². The number of halogens is 2. The van der Waals surface area contributed by atoms with Gasteiger partial charge in [-0.3, -0.25) is 4.79 Å². The second-order valence-corrected chi connectivity index (χ2v) is 7.87. The average molecular weight is 390 g/mol. The van der Waals surface area contributed by atoms with Crippen LogP contribution in [0.5, 0.6) is 0 Å². The van der Waals surface area contributed by atoms with Crippen molar-refractivity contribution in [1.29, 1.82) is 0 Å². The molecule has 8 nitrogen and oxygen atoms in total. The molecule has 0 aromatic carbocycles. The fourth-order valence-corrected chi connectivity index (χ4v) is 3.36. The quantitative estimate of drug-likeness (QED) is 0.605. The second-order valence-electron chi connectivity index (χ2n) is 7.87. The Morgan fingerprint density at radius 2 is 1.78 bits per heavy atom. The molecule has 3 amide bonds. The molecule has 1 atom stereocenters. The van der Waals surface area contributed by atoms with E-state index in [1.807, 2.05) is 0 Å². The van der Waals surface area contributed by atoms with E-state index in [1.165, 1.54) is 4.90 Å². The molecule has 0 aromatic heterocycles. The number of nitrogens with one attached hydrogen (secondary N) is 2. The summed E-state index contributed by atoms with van der Waals surface area (Å²) in [6, 6.07) is -1.90. The summed E-state index contributed by atoms with van der Waals surface area (Å²) < 4.78 is 38.5. The van der Waals surface area contributed by atoms with Crippen molar-refractivity contribution in [3.05, 3.63) is 0 Å². The number of piperidine rings is 1. The van der Waals surface area contributed by atoms with Crippen LogP contribution in [-0.4, -0.2) is 66.6 Å². The average Bonchev–Trinajstić information content (AvgIpc) is 3.31. The highest BCUT2D eigenvalue weighted by Crippen LogP contribution is 2.31. The van der Waals surface area contributed by atoms with Gasteiger partial charge in [-0.15, -0.1) is 0 Å². The lowest BCUT2D eigenvalue weighted by molar-refractivity contribution is -0.281. The number of amides is 3. The summed E-state index contributed by atoms with van der Waals surface area (Å²) in [5, 5.41) is 4.98. The lowest BCUT2D eigenvalue weighted by atomic mass is 10.0. The molecule has 2 saturated heterocycles. The number of hydrogen-bond acceptors (Lipinski definition) is 5. The Balaban J connectivity index is 1.56. The number of carbonyl (C=O) groups excluding carboxylic acids is 2. The van der Waals surface area contributed by atoms with Crippen molar-refractivity contribution in [1.82, 2.24) is 15.5 Å². The molecule has 3 aliphatic rings. The summed E-state index contributed by atoms with van der Waals surface area (Å²) in [4.78, 5) is 26.4. The van der Waals surface area contributed by atoms with Crippen LogP contribution >= 0.6 is 0 Å². The Morgan fingerprint density at radius 3 is 2.30 bits per heavy atom. The van der Waals surface area contributed by atoms with Gasteiger partial charge in [0.1, 0.15) is 6.04 Å². The lowest BCUT2D eigenvalue weighted by Crippen LogP contribution is -2.58. The Morgan fingerprint density at radius 1 is 1.19 bits per heavy atom. The van der Waals surface area contributed by atoms with E-state index in [0.717, 1.165) is 13.3 Å². The number of ether oxygens (including phenoxy) is 2. The summed E-state index contributed by atoms with van der Waals surface area (Å²) in [5.74, 6) is -4.44. The van der Waals surface area contributed by atoms with Gasteiger partial charge in [0.25, 0.3) is 0 Å². The van der Waals surface area contributed by atoms with Crippen molar-refractivity contribution in [2.75, 3.05) is 26.3 Å². The zero-order chi connectivity index (χ0) is 19.7. The molecule has 4 N–H and O–H groups in total. The molecule has 1 aliphatic carbocycles. The van der Waals surface area contributed by atoms with E-state index in [0.29, 0.717) is 52.0 Å². The highest BCUT2D eigenvalue weighted by molar-refractivity contribution is 5.87. The SMILES string of the molecule is CC(F)(F)C[C@H](NC(=O)N1CCC2(CC1)OCCCO2)C(=O)NC1(N)CC1. The first kappa shape index (κ1) is 20.2. The van der Waals surface area contributed by atoms with Gasteiger partial charge in [-0.25, -0.2) is 13.6 Å². The van der Waals surface area contributed by atoms with Crippen molar-refractivity contribution in [2.45, 2.75) is 68.9 Å². The molecule has 3 fully saturated rings. The predicted molar refractivity (Wildman–Crippen MR) is 91.9 cm³/mol. The zero-order valence-corrected chi connectivity index (χ0v) is 15.6. The van der Waals surface area contributed by atoms with Gasteiger partial charge in [-0.2, -0.15) is 0 Å². The van der Waals surface area contributed by atoms with Gasteiger partial charge in [-0.1, -0.05) is 0 Å². The number of nitrogens with two attached hydrogens (primary N) is 1. The van der Waals surface area contributed by atoms with E-state index in [4.69, 9.17) is 15.2 Å². The number of nitrogens with zero attached hydrogens (tertiary/aromatic N) is 1. The first-order valence-electron chi connectivity index (χ1n) is 9.42. The summed E-state index contributed by atoms with van der Waals surface area (Å²) in [7, 11) is 0. The molecular formula is C17H28F2N4O4. The Kier molecular flexibility index (Phi) is 5.60. The van der Waals surface area contributed by atoms with Crippen LogP contribution in [0.25, 0.3) is 0 Å². The van der Waals surface area contributed by atoms with Gasteiger partial charge in [0, 0.05) is 32.4 Å². The summed E-state index contributed by atoms with van der Waals surface area (Å²) in [6.07, 6.45) is 2.26. The summed E-state index contributed by atoms with van der Waals surface area (Å²) in [5.41, 5.74) is 4.99. The Hall–Kier alpha value is -1.52. The van der Waals surface area contributed by atoms with Crippen LogP contribution in [-0.2, 0) is 14.3 Å². The van der Waals surface area contributed by atoms with Crippen LogP contribution in [0, 0.1) is 0 Å². The molecule has 10 heteroatoms. The topological polar surface area (TPSA) is 106 Å². The Bertz CT molecular complexity index is 564. The molecule has 1 saturated carbocycles. The number of hydrogen-bond donors (Lipinski definition) is 3. The van der Waals surface area contributed by atoms with Crippen molar-refractivity contribution in [2.24, 2.45) is 5.73 Å². The molecular weight excluding hydrogens is 362 g/mol. The minimum atomic E-state index is -3.10. The summed E-state index contributed by atoms with van der Waals surface area (Å²) in [6.45, 7) is 2.70. The third-order valence-electron chi connectivity index (χ3n) is 5.17. The van der Waals surface area contributed by atoms with E-state index in [-0.39, 0.29) is 0 Å². The first-order chi connectivity index (χ1) is 12.6. The highest BCUT2D eigenvalue weighted by atomic mass is 19.3. The molecule has 27 heavy (non-hydrogen) atoms. The van der Waals surface area contributed by atoms with E-state index in [9.17, 15) is 18.4 Å². The maximum Gasteiger partial charge on any atom is 0.318 e. The van der Waals surface area contributed by atoms with E-state index in [1.54, 1.807) is 0 Å². The smallest absolute Gasteiger partial charge is 0.318 e. The third kappa shape index (κ3) is 5.49. The molecule has 1 spiro atoms. The standard InChI is InChI=1S/C17H28F2N4O4/c1-15(18,19)11-12(13(24)22-16(20)3-4-16)21-14(25)23-7-5-17(6-8-23)26-9-2-10-27-17/h12H,2-11,20H2,1H3,(H,21,25)(H,22,24)/t12-/m0/s1. The van der Waals surface area contributed by atoms with Crippen molar-refractivity contribution in [3.8, 4) is 0 Å². The normalized spacial score (nSPS) is 25.0. The maximum absolute atomic E-state index is 13.5. The van der Waals surface area contributed by atoms with Crippen molar-refractivity contribution >= 4 is 11.9 Å². The van der Waals surface area contributed by atoms with E-state index >= 15 is 0 Å². The number of likely N-dealkylation sites (tertiary alicyclic amines) is 1. The molecule has 0 bridgehead atoms.